The lowest BCUT2D eigenvalue weighted by Crippen LogP contribution is -2.14. The van der Waals surface area contributed by atoms with Crippen molar-refractivity contribution < 1.29 is 4.74 Å². The van der Waals surface area contributed by atoms with Crippen LogP contribution in [-0.4, -0.2) is 37.3 Å². The third-order valence-corrected chi connectivity index (χ3v) is 3.65. The van der Waals surface area contributed by atoms with E-state index in [1.54, 1.807) is 0 Å². The highest BCUT2D eigenvalue weighted by molar-refractivity contribution is 7.99. The van der Waals surface area contributed by atoms with E-state index in [1.807, 2.05) is 0 Å². The van der Waals surface area contributed by atoms with Gasteiger partial charge in [0.1, 0.15) is 0 Å². The van der Waals surface area contributed by atoms with E-state index in [0.29, 0.717) is 6.10 Å². The minimum Gasteiger partial charge on any atom is -0.377 e. The molecule has 1 aliphatic heterocycles. The van der Waals surface area contributed by atoms with Crippen LogP contribution in [0.15, 0.2) is 0 Å². The van der Waals surface area contributed by atoms with Crippen molar-refractivity contribution in [2.24, 2.45) is 0 Å². The second kappa shape index (κ2) is 8.57. The largest absolute Gasteiger partial charge is 0.377 e. The molecular weight excluding hydrogens is 194 g/mol. The Kier molecular flexibility index (Phi) is 7.55. The molecule has 14 heavy (non-hydrogen) atoms. The van der Waals surface area contributed by atoms with Crippen LogP contribution in [0.3, 0.4) is 0 Å². The zero-order valence-electron chi connectivity index (χ0n) is 9.26. The van der Waals surface area contributed by atoms with Gasteiger partial charge >= 0.3 is 0 Å². The fourth-order valence-electron chi connectivity index (χ4n) is 1.62. The van der Waals surface area contributed by atoms with Gasteiger partial charge in [0.2, 0.25) is 0 Å². The van der Waals surface area contributed by atoms with Gasteiger partial charge in [0, 0.05) is 12.4 Å². The van der Waals surface area contributed by atoms with Crippen LogP contribution < -0.4 is 5.32 Å². The van der Waals surface area contributed by atoms with Crippen molar-refractivity contribution in [2.75, 3.05) is 31.2 Å². The summed E-state index contributed by atoms with van der Waals surface area (Å²) in [6.07, 6.45) is 5.76. The van der Waals surface area contributed by atoms with E-state index in [1.165, 1.54) is 43.7 Å². The van der Waals surface area contributed by atoms with Crippen LogP contribution in [0.25, 0.3) is 0 Å². The van der Waals surface area contributed by atoms with Crippen molar-refractivity contribution in [3.63, 3.8) is 0 Å². The van der Waals surface area contributed by atoms with Crippen LogP contribution in [0.1, 0.15) is 32.6 Å². The fourth-order valence-corrected chi connectivity index (χ4v) is 2.72. The number of thioether (sulfide) groups is 1. The minimum atomic E-state index is 0.564. The third kappa shape index (κ3) is 5.89. The molecule has 1 aliphatic rings. The van der Waals surface area contributed by atoms with Crippen LogP contribution in [0.2, 0.25) is 0 Å². The normalized spacial score (nSPS) is 21.6. The zero-order valence-corrected chi connectivity index (χ0v) is 10.1. The van der Waals surface area contributed by atoms with Crippen LogP contribution in [-0.2, 0) is 4.74 Å². The monoisotopic (exact) mass is 217 g/mol. The van der Waals surface area contributed by atoms with Gasteiger partial charge in [-0.25, -0.2) is 0 Å². The maximum atomic E-state index is 5.56. The number of rotatable bonds is 8. The minimum absolute atomic E-state index is 0.564. The molecule has 1 unspecified atom stereocenters. The topological polar surface area (TPSA) is 21.3 Å². The molecule has 0 aromatic carbocycles. The predicted molar refractivity (Wildman–Crippen MR) is 64.1 cm³/mol. The number of nitrogens with one attached hydrogen (secondary N) is 1. The van der Waals surface area contributed by atoms with E-state index >= 15 is 0 Å². The predicted octanol–water partition coefficient (Wildman–Crippen LogP) is 2.29. The Morgan fingerprint density at radius 1 is 1.43 bits per heavy atom. The Morgan fingerprint density at radius 2 is 2.36 bits per heavy atom. The molecule has 0 amide bonds. The summed E-state index contributed by atoms with van der Waals surface area (Å²) in [5, 5.41) is 3.35. The van der Waals surface area contributed by atoms with Gasteiger partial charge in [0.25, 0.3) is 0 Å². The van der Waals surface area contributed by atoms with E-state index in [-0.39, 0.29) is 0 Å². The second-order valence-electron chi connectivity index (χ2n) is 3.77. The van der Waals surface area contributed by atoms with E-state index < -0.39 is 0 Å². The summed E-state index contributed by atoms with van der Waals surface area (Å²) in [5.74, 6) is 2.51. The van der Waals surface area contributed by atoms with Gasteiger partial charge in [-0.1, -0.05) is 6.92 Å². The van der Waals surface area contributed by atoms with Gasteiger partial charge < -0.3 is 10.1 Å². The molecule has 0 radical (unpaired) electrons. The van der Waals surface area contributed by atoms with Crippen molar-refractivity contribution in [3.8, 4) is 0 Å². The number of hydrogen-bond donors (Lipinski definition) is 1. The number of hydrogen-bond acceptors (Lipinski definition) is 3. The Labute approximate surface area is 92.2 Å². The Morgan fingerprint density at radius 3 is 3.07 bits per heavy atom. The summed E-state index contributed by atoms with van der Waals surface area (Å²) < 4.78 is 5.56. The molecular formula is C11H23NOS. The van der Waals surface area contributed by atoms with Gasteiger partial charge in [0.15, 0.2) is 0 Å². The van der Waals surface area contributed by atoms with Crippen molar-refractivity contribution >= 4 is 11.8 Å². The van der Waals surface area contributed by atoms with Crippen molar-refractivity contribution in [3.05, 3.63) is 0 Å². The first-order valence-electron chi connectivity index (χ1n) is 5.83. The molecule has 0 aromatic rings. The molecule has 1 fully saturated rings. The van der Waals surface area contributed by atoms with Crippen LogP contribution in [0.5, 0.6) is 0 Å². The average molecular weight is 217 g/mol. The van der Waals surface area contributed by atoms with Crippen molar-refractivity contribution in [1.82, 2.24) is 5.32 Å². The summed E-state index contributed by atoms with van der Waals surface area (Å²) in [4.78, 5) is 0. The molecule has 0 spiro atoms. The Bertz CT molecular complexity index is 126. The van der Waals surface area contributed by atoms with E-state index in [4.69, 9.17) is 4.74 Å². The van der Waals surface area contributed by atoms with E-state index in [9.17, 15) is 0 Å². The van der Waals surface area contributed by atoms with E-state index in [0.717, 1.165) is 13.2 Å². The smallest absolute Gasteiger partial charge is 0.0666 e. The van der Waals surface area contributed by atoms with Crippen molar-refractivity contribution in [2.45, 2.75) is 38.7 Å². The highest BCUT2D eigenvalue weighted by Gasteiger charge is 2.14. The summed E-state index contributed by atoms with van der Waals surface area (Å²) in [6.45, 7) is 5.43. The zero-order chi connectivity index (χ0) is 10.1. The molecule has 0 saturated carbocycles. The van der Waals surface area contributed by atoms with Gasteiger partial charge in [0.05, 0.1) is 6.10 Å². The molecule has 0 aromatic heterocycles. The average Bonchev–Trinajstić information content (AvgIpc) is 2.69. The highest BCUT2D eigenvalue weighted by Crippen LogP contribution is 2.17. The van der Waals surface area contributed by atoms with Gasteiger partial charge in [-0.15, -0.1) is 0 Å². The maximum Gasteiger partial charge on any atom is 0.0666 e. The molecule has 1 saturated heterocycles. The molecule has 2 nitrogen and oxygen atoms in total. The third-order valence-electron chi connectivity index (χ3n) is 2.47. The van der Waals surface area contributed by atoms with Crippen LogP contribution >= 0.6 is 11.8 Å². The lowest BCUT2D eigenvalue weighted by atomic mass is 10.3. The summed E-state index contributed by atoms with van der Waals surface area (Å²) in [5.41, 5.74) is 0. The summed E-state index contributed by atoms with van der Waals surface area (Å²) in [6, 6.07) is 0. The summed E-state index contributed by atoms with van der Waals surface area (Å²) in [7, 11) is 0. The van der Waals surface area contributed by atoms with Crippen LogP contribution in [0, 0.1) is 0 Å². The molecule has 1 N–H and O–H groups in total. The van der Waals surface area contributed by atoms with E-state index in [2.05, 4.69) is 24.0 Å². The molecule has 1 atom stereocenters. The standard InChI is InChI=1S/C11H23NOS/c1-2-12-7-3-4-9-14-10-11-6-5-8-13-11/h11-12H,2-10H2,1H3. The molecule has 84 valence electrons. The molecule has 1 heterocycles. The lowest BCUT2D eigenvalue weighted by Gasteiger charge is -2.08. The van der Waals surface area contributed by atoms with Gasteiger partial charge in [-0.3, -0.25) is 0 Å². The first-order valence-corrected chi connectivity index (χ1v) is 6.99. The maximum absolute atomic E-state index is 5.56. The highest BCUT2D eigenvalue weighted by atomic mass is 32.2. The van der Waals surface area contributed by atoms with Crippen LogP contribution in [0.4, 0.5) is 0 Å². The molecule has 1 rings (SSSR count). The first-order chi connectivity index (χ1) is 6.93. The lowest BCUT2D eigenvalue weighted by molar-refractivity contribution is 0.129. The first kappa shape index (κ1) is 12.3. The van der Waals surface area contributed by atoms with Gasteiger partial charge in [-0.05, 0) is 44.5 Å². The second-order valence-corrected chi connectivity index (χ2v) is 4.92. The Hall–Kier alpha value is 0.270. The SMILES string of the molecule is CCNCCCCSCC1CCCO1. The van der Waals surface area contributed by atoms with Gasteiger partial charge in [-0.2, -0.15) is 11.8 Å². The number of ether oxygens (including phenoxy) is 1. The quantitative estimate of drug-likeness (QED) is 0.630. The molecule has 3 heteroatoms. The molecule has 0 bridgehead atoms. The fraction of sp³-hybridized carbons (Fsp3) is 1.00. The summed E-state index contributed by atoms with van der Waals surface area (Å²) >= 11 is 2.06. The Balaban J connectivity index is 1.75. The van der Waals surface area contributed by atoms with Crippen molar-refractivity contribution in [1.29, 1.82) is 0 Å². The molecule has 0 aliphatic carbocycles. The number of unbranched alkanes of at least 4 members (excludes halogenated alkanes) is 1.